The van der Waals surface area contributed by atoms with Crippen LogP contribution in [-0.4, -0.2) is 44.0 Å². The van der Waals surface area contributed by atoms with E-state index >= 15 is 0 Å². The van der Waals surface area contributed by atoms with E-state index in [-0.39, 0.29) is 11.8 Å². The van der Waals surface area contributed by atoms with Crippen LogP contribution in [0.25, 0.3) is 0 Å². The van der Waals surface area contributed by atoms with Crippen LogP contribution in [0.4, 0.5) is 5.69 Å². The molecule has 0 radical (unpaired) electrons. The van der Waals surface area contributed by atoms with Crippen LogP contribution in [0.5, 0.6) is 0 Å². The Morgan fingerprint density at radius 1 is 1.40 bits per heavy atom. The van der Waals surface area contributed by atoms with Crippen LogP contribution in [-0.2, 0) is 4.79 Å². The van der Waals surface area contributed by atoms with Gasteiger partial charge in [0, 0.05) is 24.8 Å². The van der Waals surface area contributed by atoms with Crippen LogP contribution in [0, 0.1) is 5.92 Å². The van der Waals surface area contributed by atoms with E-state index in [1.165, 1.54) is 0 Å². The van der Waals surface area contributed by atoms with Gasteiger partial charge in [0.2, 0.25) is 5.91 Å². The van der Waals surface area contributed by atoms with Crippen LogP contribution in [0.2, 0.25) is 0 Å². The number of carbonyl (C=O) groups excluding carboxylic acids is 1. The molecule has 0 aromatic heterocycles. The summed E-state index contributed by atoms with van der Waals surface area (Å²) < 4.78 is 0. The van der Waals surface area contributed by atoms with Gasteiger partial charge in [-0.1, -0.05) is 32.0 Å². The molecule has 0 aliphatic carbocycles. The fourth-order valence-electron chi connectivity index (χ4n) is 2.86. The van der Waals surface area contributed by atoms with Crippen LogP contribution >= 0.6 is 0 Å². The molecule has 1 aromatic carbocycles. The first-order chi connectivity index (χ1) is 9.50. The average molecular weight is 275 g/mol. The maximum absolute atomic E-state index is 12.4. The van der Waals surface area contributed by atoms with Crippen LogP contribution < -0.4 is 10.6 Å². The van der Waals surface area contributed by atoms with E-state index in [0.717, 1.165) is 11.3 Å². The van der Waals surface area contributed by atoms with Crippen molar-refractivity contribution in [1.29, 1.82) is 0 Å². The van der Waals surface area contributed by atoms with Crippen LogP contribution in [0.15, 0.2) is 24.3 Å². The van der Waals surface area contributed by atoms with Gasteiger partial charge in [-0.25, -0.2) is 0 Å². The molecule has 0 spiro atoms. The van der Waals surface area contributed by atoms with Crippen molar-refractivity contribution in [3.05, 3.63) is 29.8 Å². The minimum absolute atomic E-state index is 0.0684. The highest BCUT2D eigenvalue weighted by atomic mass is 16.1. The van der Waals surface area contributed by atoms with Crippen molar-refractivity contribution < 1.29 is 4.79 Å². The molecule has 0 bridgehead atoms. The third-order valence-corrected chi connectivity index (χ3v) is 4.07. The summed E-state index contributed by atoms with van der Waals surface area (Å²) in [5.41, 5.74) is 2.19. The zero-order valence-electron chi connectivity index (χ0n) is 12.8. The van der Waals surface area contributed by atoms with Crippen molar-refractivity contribution in [1.82, 2.24) is 10.2 Å². The number of nitrogens with one attached hydrogen (secondary N) is 2. The molecule has 20 heavy (non-hydrogen) atoms. The third kappa shape index (κ3) is 3.12. The lowest BCUT2D eigenvalue weighted by molar-refractivity contribution is -0.122. The number of carbonyl (C=O) groups is 1. The maximum atomic E-state index is 12.4. The van der Waals surface area contributed by atoms with E-state index in [4.69, 9.17) is 0 Å². The van der Waals surface area contributed by atoms with Crippen molar-refractivity contribution in [2.75, 3.05) is 32.5 Å². The number of hydrogen-bond acceptors (Lipinski definition) is 3. The summed E-state index contributed by atoms with van der Waals surface area (Å²) in [7, 11) is 4.12. The lowest BCUT2D eigenvalue weighted by atomic mass is 9.99. The van der Waals surface area contributed by atoms with Gasteiger partial charge >= 0.3 is 0 Å². The first kappa shape index (κ1) is 14.9. The number of amides is 1. The number of likely N-dealkylation sites (N-methyl/N-ethyl adjacent to an activating group) is 1. The first-order valence-electron chi connectivity index (χ1n) is 7.27. The standard InChI is InChI=1S/C16H25N3O/c1-11(2)15(19(3)4)10-18-16(20)13-9-17-14-8-6-5-7-12(13)14/h5-8,11,13,15,17H,9-10H2,1-4H3,(H,18,20). The predicted octanol–water partition coefficient (Wildman–Crippen LogP) is 1.90. The molecule has 2 unspecified atom stereocenters. The summed E-state index contributed by atoms with van der Waals surface area (Å²) in [4.78, 5) is 14.6. The highest BCUT2D eigenvalue weighted by Gasteiger charge is 2.28. The summed E-state index contributed by atoms with van der Waals surface area (Å²) in [6, 6.07) is 8.41. The van der Waals surface area contributed by atoms with Crippen LogP contribution in [0.3, 0.4) is 0 Å². The summed E-state index contributed by atoms with van der Waals surface area (Å²) >= 11 is 0. The molecule has 1 amide bonds. The van der Waals surface area contributed by atoms with E-state index in [1.807, 2.05) is 24.3 Å². The highest BCUT2D eigenvalue weighted by Crippen LogP contribution is 2.30. The molecule has 2 rings (SSSR count). The molecule has 1 aromatic rings. The Balaban J connectivity index is 1.97. The van der Waals surface area contributed by atoms with E-state index in [0.29, 0.717) is 25.0 Å². The Labute approximate surface area is 121 Å². The molecule has 4 heteroatoms. The van der Waals surface area contributed by atoms with Gasteiger partial charge in [-0.15, -0.1) is 0 Å². The Bertz CT molecular complexity index is 463. The average Bonchev–Trinajstić information content (AvgIpc) is 2.81. The fraction of sp³-hybridized carbons (Fsp3) is 0.562. The van der Waals surface area contributed by atoms with Gasteiger partial charge in [-0.05, 0) is 31.6 Å². The number of nitrogens with zero attached hydrogens (tertiary/aromatic N) is 1. The number of para-hydroxylation sites is 1. The van der Waals surface area contributed by atoms with Gasteiger partial charge in [0.15, 0.2) is 0 Å². The Kier molecular flexibility index (Phi) is 4.65. The van der Waals surface area contributed by atoms with Gasteiger partial charge in [0.25, 0.3) is 0 Å². The molecule has 1 aliphatic rings. The van der Waals surface area contributed by atoms with Crippen molar-refractivity contribution in [2.45, 2.75) is 25.8 Å². The summed E-state index contributed by atoms with van der Waals surface area (Å²) in [5, 5.41) is 6.40. The van der Waals surface area contributed by atoms with Gasteiger partial charge in [-0.3, -0.25) is 4.79 Å². The lowest BCUT2D eigenvalue weighted by Gasteiger charge is -2.28. The van der Waals surface area contributed by atoms with Crippen molar-refractivity contribution in [3.63, 3.8) is 0 Å². The van der Waals surface area contributed by atoms with Gasteiger partial charge in [-0.2, -0.15) is 0 Å². The first-order valence-corrected chi connectivity index (χ1v) is 7.27. The number of benzene rings is 1. The molecule has 4 nitrogen and oxygen atoms in total. The van der Waals surface area contributed by atoms with E-state index in [9.17, 15) is 4.79 Å². The summed E-state index contributed by atoms with van der Waals surface area (Å²) in [6.45, 7) is 5.76. The minimum atomic E-state index is -0.0684. The molecule has 2 N–H and O–H groups in total. The van der Waals surface area contributed by atoms with Gasteiger partial charge in [0.05, 0.1) is 5.92 Å². The fourth-order valence-corrected chi connectivity index (χ4v) is 2.86. The second-order valence-electron chi connectivity index (χ2n) is 6.04. The van der Waals surface area contributed by atoms with E-state index in [1.54, 1.807) is 0 Å². The SMILES string of the molecule is CC(C)C(CNC(=O)C1CNc2ccccc21)N(C)C. The Hall–Kier alpha value is -1.55. The molecule has 110 valence electrons. The number of hydrogen-bond donors (Lipinski definition) is 2. The second kappa shape index (κ2) is 6.27. The highest BCUT2D eigenvalue weighted by molar-refractivity contribution is 5.88. The Morgan fingerprint density at radius 2 is 2.10 bits per heavy atom. The van der Waals surface area contributed by atoms with Crippen molar-refractivity contribution >= 4 is 11.6 Å². The quantitative estimate of drug-likeness (QED) is 0.862. The minimum Gasteiger partial charge on any atom is -0.384 e. The number of rotatable bonds is 5. The molecule has 0 fully saturated rings. The molecular weight excluding hydrogens is 250 g/mol. The van der Waals surface area contributed by atoms with Crippen LogP contribution in [0.1, 0.15) is 25.3 Å². The molecule has 0 saturated carbocycles. The molecule has 2 atom stereocenters. The monoisotopic (exact) mass is 275 g/mol. The van der Waals surface area contributed by atoms with Gasteiger partial charge < -0.3 is 15.5 Å². The van der Waals surface area contributed by atoms with E-state index < -0.39 is 0 Å². The smallest absolute Gasteiger partial charge is 0.229 e. The molecule has 1 aliphatic heterocycles. The normalized spacial score (nSPS) is 18.8. The van der Waals surface area contributed by atoms with Crippen molar-refractivity contribution in [3.8, 4) is 0 Å². The predicted molar refractivity (Wildman–Crippen MR) is 83.0 cm³/mol. The molecular formula is C16H25N3O. The van der Waals surface area contributed by atoms with Gasteiger partial charge in [0.1, 0.15) is 0 Å². The molecule has 1 heterocycles. The third-order valence-electron chi connectivity index (χ3n) is 4.07. The topological polar surface area (TPSA) is 44.4 Å². The lowest BCUT2D eigenvalue weighted by Crippen LogP contribution is -2.44. The second-order valence-corrected chi connectivity index (χ2v) is 6.04. The largest absolute Gasteiger partial charge is 0.384 e. The van der Waals surface area contributed by atoms with E-state index in [2.05, 4.69) is 43.5 Å². The summed E-state index contributed by atoms with van der Waals surface area (Å²) in [6.07, 6.45) is 0. The molecule has 0 saturated heterocycles. The summed E-state index contributed by atoms with van der Waals surface area (Å²) in [5.74, 6) is 0.565. The maximum Gasteiger partial charge on any atom is 0.229 e. The number of fused-ring (bicyclic) bond motifs is 1. The number of anilines is 1. The van der Waals surface area contributed by atoms with Crippen molar-refractivity contribution in [2.24, 2.45) is 5.92 Å². The zero-order valence-corrected chi connectivity index (χ0v) is 12.8. The Morgan fingerprint density at radius 3 is 2.75 bits per heavy atom. The zero-order chi connectivity index (χ0) is 14.7.